The molecule has 0 aromatic carbocycles. The van der Waals surface area contributed by atoms with Gasteiger partial charge in [-0.05, 0) is 12.3 Å². The second-order valence-electron chi connectivity index (χ2n) is 4.15. The Hall–Kier alpha value is -0.570. The Morgan fingerprint density at radius 1 is 1.62 bits per heavy atom. The van der Waals surface area contributed by atoms with Gasteiger partial charge in [-0.15, -0.1) is 0 Å². The van der Waals surface area contributed by atoms with Crippen LogP contribution in [0.5, 0.6) is 0 Å². The van der Waals surface area contributed by atoms with Crippen LogP contribution in [-0.4, -0.2) is 35.6 Å². The lowest BCUT2D eigenvalue weighted by molar-refractivity contribution is -0.147. The van der Waals surface area contributed by atoms with Crippen molar-refractivity contribution in [3.8, 4) is 0 Å². The average molecular weight is 185 g/mol. The fourth-order valence-corrected chi connectivity index (χ4v) is 1.90. The predicted octanol–water partition coefficient (Wildman–Crippen LogP) is 1.44. The second kappa shape index (κ2) is 4.61. The molecule has 1 unspecified atom stereocenters. The average Bonchev–Trinajstić information content (AvgIpc) is 1.95. The van der Waals surface area contributed by atoms with E-state index >= 15 is 0 Å². The van der Waals surface area contributed by atoms with Gasteiger partial charge in [0.15, 0.2) is 0 Å². The zero-order valence-corrected chi connectivity index (χ0v) is 8.49. The molecule has 0 saturated carbocycles. The maximum atomic E-state index is 10.5. The molecule has 0 spiro atoms. The van der Waals surface area contributed by atoms with Crippen LogP contribution < -0.4 is 0 Å². The van der Waals surface area contributed by atoms with Crippen molar-refractivity contribution in [3.63, 3.8) is 0 Å². The summed E-state index contributed by atoms with van der Waals surface area (Å²) < 4.78 is 0. The molecule has 0 amide bonds. The first-order valence-electron chi connectivity index (χ1n) is 5.08. The largest absolute Gasteiger partial charge is 0.481 e. The minimum atomic E-state index is -0.639. The Kier molecular flexibility index (Phi) is 3.72. The molecule has 0 aliphatic carbocycles. The topological polar surface area (TPSA) is 40.5 Å². The van der Waals surface area contributed by atoms with Gasteiger partial charge >= 0.3 is 5.97 Å². The number of hydrogen-bond donors (Lipinski definition) is 1. The standard InChI is InChI=1S/C10H19NO2/c1-3-4-8(2)5-11-6-9(7-11)10(12)13/h8-9H,3-7H2,1-2H3,(H,12,13). The molecule has 3 nitrogen and oxygen atoms in total. The molecule has 1 atom stereocenters. The van der Waals surface area contributed by atoms with Crippen LogP contribution in [-0.2, 0) is 4.79 Å². The first-order valence-corrected chi connectivity index (χ1v) is 5.08. The summed E-state index contributed by atoms with van der Waals surface area (Å²) in [6.45, 7) is 6.99. The van der Waals surface area contributed by atoms with E-state index in [1.165, 1.54) is 12.8 Å². The van der Waals surface area contributed by atoms with Crippen molar-refractivity contribution in [2.45, 2.75) is 26.7 Å². The number of carboxylic acids is 1. The van der Waals surface area contributed by atoms with Gasteiger partial charge in [-0.1, -0.05) is 20.3 Å². The van der Waals surface area contributed by atoms with E-state index in [1.54, 1.807) is 0 Å². The molecule has 76 valence electrons. The van der Waals surface area contributed by atoms with Gasteiger partial charge in [-0.2, -0.15) is 0 Å². The Morgan fingerprint density at radius 2 is 2.23 bits per heavy atom. The molecular weight excluding hydrogens is 166 g/mol. The van der Waals surface area contributed by atoms with Crippen LogP contribution >= 0.6 is 0 Å². The summed E-state index contributed by atoms with van der Waals surface area (Å²) in [5.41, 5.74) is 0. The highest BCUT2D eigenvalue weighted by molar-refractivity contribution is 5.71. The zero-order valence-electron chi connectivity index (χ0n) is 8.49. The van der Waals surface area contributed by atoms with Crippen LogP contribution in [0, 0.1) is 11.8 Å². The molecule has 13 heavy (non-hydrogen) atoms. The van der Waals surface area contributed by atoms with Crippen molar-refractivity contribution >= 4 is 5.97 Å². The smallest absolute Gasteiger partial charge is 0.309 e. The maximum absolute atomic E-state index is 10.5. The lowest BCUT2D eigenvalue weighted by Crippen LogP contribution is -2.51. The summed E-state index contributed by atoms with van der Waals surface area (Å²) in [4.78, 5) is 12.7. The van der Waals surface area contributed by atoms with Gasteiger partial charge < -0.3 is 10.0 Å². The lowest BCUT2D eigenvalue weighted by atomic mass is 9.97. The lowest BCUT2D eigenvalue weighted by Gasteiger charge is -2.38. The molecule has 1 fully saturated rings. The Morgan fingerprint density at radius 3 is 2.69 bits per heavy atom. The van der Waals surface area contributed by atoms with Crippen LogP contribution in [0.25, 0.3) is 0 Å². The van der Waals surface area contributed by atoms with E-state index in [9.17, 15) is 4.79 Å². The van der Waals surface area contributed by atoms with E-state index in [4.69, 9.17) is 5.11 Å². The molecular formula is C10H19NO2. The molecule has 1 saturated heterocycles. The van der Waals surface area contributed by atoms with E-state index in [0.29, 0.717) is 5.92 Å². The summed E-state index contributed by atoms with van der Waals surface area (Å²) in [5, 5.41) is 8.66. The minimum Gasteiger partial charge on any atom is -0.481 e. The Bertz CT molecular complexity index is 176. The van der Waals surface area contributed by atoms with E-state index in [-0.39, 0.29) is 5.92 Å². The number of hydrogen-bond acceptors (Lipinski definition) is 2. The van der Waals surface area contributed by atoms with Crippen LogP contribution in [0.15, 0.2) is 0 Å². The van der Waals surface area contributed by atoms with E-state index in [0.717, 1.165) is 19.6 Å². The van der Waals surface area contributed by atoms with Crippen LogP contribution in [0.1, 0.15) is 26.7 Å². The predicted molar refractivity (Wildman–Crippen MR) is 51.6 cm³/mol. The number of nitrogens with zero attached hydrogens (tertiary/aromatic N) is 1. The molecule has 1 aliphatic heterocycles. The monoisotopic (exact) mass is 185 g/mol. The van der Waals surface area contributed by atoms with Crippen LogP contribution in [0.3, 0.4) is 0 Å². The highest BCUT2D eigenvalue weighted by Crippen LogP contribution is 2.18. The molecule has 0 aromatic rings. The quantitative estimate of drug-likeness (QED) is 0.704. The second-order valence-corrected chi connectivity index (χ2v) is 4.15. The van der Waals surface area contributed by atoms with Gasteiger partial charge in [0.25, 0.3) is 0 Å². The third kappa shape index (κ3) is 2.99. The normalized spacial score (nSPS) is 21.1. The third-order valence-corrected chi connectivity index (χ3v) is 2.66. The van der Waals surface area contributed by atoms with Crippen molar-refractivity contribution in [2.75, 3.05) is 19.6 Å². The van der Waals surface area contributed by atoms with Crippen molar-refractivity contribution in [1.82, 2.24) is 4.90 Å². The number of rotatable bonds is 5. The van der Waals surface area contributed by atoms with Gasteiger partial charge in [-0.25, -0.2) is 0 Å². The van der Waals surface area contributed by atoms with Crippen molar-refractivity contribution < 1.29 is 9.90 Å². The molecule has 3 heteroatoms. The highest BCUT2D eigenvalue weighted by Gasteiger charge is 2.32. The molecule has 0 aromatic heterocycles. The number of likely N-dealkylation sites (tertiary alicyclic amines) is 1. The molecule has 1 heterocycles. The third-order valence-electron chi connectivity index (χ3n) is 2.66. The van der Waals surface area contributed by atoms with Gasteiger partial charge in [0.2, 0.25) is 0 Å². The van der Waals surface area contributed by atoms with Crippen molar-refractivity contribution in [3.05, 3.63) is 0 Å². The van der Waals surface area contributed by atoms with Crippen molar-refractivity contribution in [2.24, 2.45) is 11.8 Å². The maximum Gasteiger partial charge on any atom is 0.309 e. The molecule has 1 N–H and O–H groups in total. The summed E-state index contributed by atoms with van der Waals surface area (Å²) in [6, 6.07) is 0. The summed E-state index contributed by atoms with van der Waals surface area (Å²) in [7, 11) is 0. The summed E-state index contributed by atoms with van der Waals surface area (Å²) in [6.07, 6.45) is 2.46. The minimum absolute atomic E-state index is 0.103. The van der Waals surface area contributed by atoms with Gasteiger partial charge in [0, 0.05) is 19.6 Å². The fraction of sp³-hybridized carbons (Fsp3) is 0.900. The fourth-order valence-electron chi connectivity index (χ4n) is 1.90. The number of carboxylic acid groups (broad SMARTS) is 1. The molecule has 0 bridgehead atoms. The summed E-state index contributed by atoms with van der Waals surface area (Å²) >= 11 is 0. The van der Waals surface area contributed by atoms with E-state index < -0.39 is 5.97 Å². The molecule has 1 aliphatic rings. The van der Waals surface area contributed by atoms with E-state index in [2.05, 4.69) is 18.7 Å². The Labute approximate surface area is 79.7 Å². The van der Waals surface area contributed by atoms with Gasteiger partial charge in [0.05, 0.1) is 5.92 Å². The zero-order chi connectivity index (χ0) is 9.84. The van der Waals surface area contributed by atoms with Crippen LogP contribution in [0.2, 0.25) is 0 Å². The van der Waals surface area contributed by atoms with Crippen LogP contribution in [0.4, 0.5) is 0 Å². The van der Waals surface area contributed by atoms with Gasteiger partial charge in [0.1, 0.15) is 0 Å². The first kappa shape index (κ1) is 10.5. The first-order chi connectivity index (χ1) is 6.13. The summed E-state index contributed by atoms with van der Waals surface area (Å²) in [5.74, 6) is -0.0343. The SMILES string of the molecule is CCCC(C)CN1CC(C(=O)O)C1. The van der Waals surface area contributed by atoms with Crippen molar-refractivity contribution in [1.29, 1.82) is 0 Å². The van der Waals surface area contributed by atoms with E-state index in [1.807, 2.05) is 0 Å². The number of aliphatic carboxylic acids is 1. The molecule has 1 rings (SSSR count). The molecule has 0 radical (unpaired) electrons. The Balaban J connectivity index is 2.10. The highest BCUT2D eigenvalue weighted by atomic mass is 16.4. The number of carbonyl (C=O) groups is 1. The van der Waals surface area contributed by atoms with Gasteiger partial charge in [-0.3, -0.25) is 4.79 Å².